The molecule has 1 aliphatic heterocycles. The van der Waals surface area contributed by atoms with Gasteiger partial charge in [0.1, 0.15) is 5.60 Å². The molecule has 0 spiro atoms. The summed E-state index contributed by atoms with van der Waals surface area (Å²) in [6.45, 7) is 6.76. The molecule has 112 valence electrons. The second kappa shape index (κ2) is 6.63. The van der Waals surface area contributed by atoms with E-state index in [-0.39, 0.29) is 17.7 Å². The first-order valence-corrected chi connectivity index (χ1v) is 6.82. The molecule has 0 aromatic carbocycles. The highest BCUT2D eigenvalue weighted by Gasteiger charge is 2.29. The Morgan fingerprint density at radius 1 is 1.35 bits per heavy atom. The zero-order valence-corrected chi connectivity index (χ0v) is 12.7. The van der Waals surface area contributed by atoms with Crippen molar-refractivity contribution >= 4 is 23.7 Å². The van der Waals surface area contributed by atoms with Crippen LogP contribution in [-0.2, 0) is 4.74 Å². The van der Waals surface area contributed by atoms with Crippen molar-refractivity contribution in [3.05, 3.63) is 0 Å². The second-order valence-electron chi connectivity index (χ2n) is 5.91. The van der Waals surface area contributed by atoms with Crippen molar-refractivity contribution < 1.29 is 9.53 Å². The highest BCUT2D eigenvalue weighted by molar-refractivity contribution is 6.61. The first-order valence-electron chi connectivity index (χ1n) is 6.82. The number of rotatable bonds is 3. The zero-order chi connectivity index (χ0) is 15.3. The predicted octanol–water partition coefficient (Wildman–Crippen LogP) is 2.37. The SMILES string of the molecule is CN=C(C(=N)C=N)C1CCN(C(=O)OC(C)(C)C)CC1. The lowest BCUT2D eigenvalue weighted by Crippen LogP contribution is -2.43. The average molecular weight is 280 g/mol. The Morgan fingerprint density at radius 3 is 2.30 bits per heavy atom. The minimum Gasteiger partial charge on any atom is -0.444 e. The number of ether oxygens (including phenoxy) is 1. The quantitative estimate of drug-likeness (QED) is 0.777. The zero-order valence-electron chi connectivity index (χ0n) is 12.7. The van der Waals surface area contributed by atoms with Gasteiger partial charge >= 0.3 is 6.09 Å². The maximum Gasteiger partial charge on any atom is 0.410 e. The van der Waals surface area contributed by atoms with Gasteiger partial charge < -0.3 is 15.0 Å². The molecule has 0 aromatic heterocycles. The Kier molecular flexibility index (Phi) is 5.42. The van der Waals surface area contributed by atoms with Crippen molar-refractivity contribution in [3.63, 3.8) is 0 Å². The maximum atomic E-state index is 11.9. The van der Waals surface area contributed by atoms with Crippen molar-refractivity contribution in [1.29, 1.82) is 10.8 Å². The third-order valence-electron chi connectivity index (χ3n) is 3.19. The van der Waals surface area contributed by atoms with E-state index in [0.717, 1.165) is 19.1 Å². The molecular formula is C14H24N4O2. The van der Waals surface area contributed by atoms with Gasteiger partial charge in [0.05, 0.1) is 11.4 Å². The number of likely N-dealkylation sites (tertiary alicyclic amines) is 1. The molecule has 6 heteroatoms. The molecule has 1 saturated heterocycles. The van der Waals surface area contributed by atoms with E-state index >= 15 is 0 Å². The van der Waals surface area contributed by atoms with Gasteiger partial charge in [0.15, 0.2) is 0 Å². The molecule has 1 rings (SSSR count). The third kappa shape index (κ3) is 4.43. The smallest absolute Gasteiger partial charge is 0.410 e. The topological polar surface area (TPSA) is 89.6 Å². The summed E-state index contributed by atoms with van der Waals surface area (Å²) in [7, 11) is 1.65. The van der Waals surface area contributed by atoms with Crippen molar-refractivity contribution in [2.45, 2.75) is 39.2 Å². The summed E-state index contributed by atoms with van der Waals surface area (Å²) >= 11 is 0. The van der Waals surface area contributed by atoms with E-state index in [4.69, 9.17) is 15.6 Å². The van der Waals surface area contributed by atoms with Gasteiger partial charge in [-0.25, -0.2) is 4.79 Å². The Bertz CT molecular complexity index is 415. The predicted molar refractivity (Wildman–Crippen MR) is 80.4 cm³/mol. The molecule has 0 aromatic rings. The van der Waals surface area contributed by atoms with E-state index < -0.39 is 5.60 Å². The van der Waals surface area contributed by atoms with Crippen LogP contribution in [0.4, 0.5) is 4.79 Å². The number of nitrogens with one attached hydrogen (secondary N) is 2. The molecule has 2 N–H and O–H groups in total. The van der Waals surface area contributed by atoms with Crippen LogP contribution in [0.5, 0.6) is 0 Å². The van der Waals surface area contributed by atoms with Crippen LogP contribution in [0.2, 0.25) is 0 Å². The van der Waals surface area contributed by atoms with Gasteiger partial charge in [0.2, 0.25) is 0 Å². The Hall–Kier alpha value is -1.72. The fraction of sp³-hybridized carbons (Fsp3) is 0.714. The lowest BCUT2D eigenvalue weighted by Gasteiger charge is -2.33. The van der Waals surface area contributed by atoms with Crippen LogP contribution in [0.1, 0.15) is 33.6 Å². The number of carbonyl (C=O) groups excluding carboxylic acids is 1. The normalized spacial score (nSPS) is 17.8. The molecule has 1 heterocycles. The number of hydrogen-bond donors (Lipinski definition) is 2. The van der Waals surface area contributed by atoms with E-state index in [1.807, 2.05) is 20.8 Å². The first kappa shape index (κ1) is 16.3. The largest absolute Gasteiger partial charge is 0.444 e. The number of piperidine rings is 1. The molecule has 0 bridgehead atoms. The Morgan fingerprint density at radius 2 is 1.90 bits per heavy atom. The molecule has 0 saturated carbocycles. The van der Waals surface area contributed by atoms with Gasteiger partial charge in [0.25, 0.3) is 0 Å². The summed E-state index contributed by atoms with van der Waals surface area (Å²) in [6, 6.07) is 0. The molecule has 1 aliphatic rings. The fourth-order valence-electron chi connectivity index (χ4n) is 2.26. The molecule has 0 atom stereocenters. The highest BCUT2D eigenvalue weighted by atomic mass is 16.6. The van der Waals surface area contributed by atoms with Gasteiger partial charge in [-0.05, 0) is 33.6 Å². The molecule has 1 amide bonds. The Balaban J connectivity index is 2.57. The summed E-state index contributed by atoms with van der Waals surface area (Å²) in [4.78, 5) is 17.8. The van der Waals surface area contributed by atoms with Crippen molar-refractivity contribution in [2.24, 2.45) is 10.9 Å². The van der Waals surface area contributed by atoms with Gasteiger partial charge in [0, 0.05) is 32.3 Å². The minimum absolute atomic E-state index is 0.146. The van der Waals surface area contributed by atoms with E-state index in [1.165, 1.54) is 0 Å². The summed E-state index contributed by atoms with van der Waals surface area (Å²) in [5.74, 6) is 0.146. The Labute approximate surface area is 120 Å². The monoisotopic (exact) mass is 280 g/mol. The van der Waals surface area contributed by atoms with Gasteiger partial charge in [-0.15, -0.1) is 0 Å². The number of amides is 1. The van der Waals surface area contributed by atoms with Crippen molar-refractivity contribution in [2.75, 3.05) is 20.1 Å². The van der Waals surface area contributed by atoms with Crippen LogP contribution >= 0.6 is 0 Å². The maximum absolute atomic E-state index is 11.9. The van der Waals surface area contributed by atoms with Crippen LogP contribution in [0.25, 0.3) is 0 Å². The van der Waals surface area contributed by atoms with Crippen LogP contribution in [-0.4, -0.2) is 54.4 Å². The van der Waals surface area contributed by atoms with Gasteiger partial charge in [-0.3, -0.25) is 10.4 Å². The molecule has 1 fully saturated rings. The van der Waals surface area contributed by atoms with Crippen LogP contribution < -0.4 is 0 Å². The van der Waals surface area contributed by atoms with Crippen molar-refractivity contribution in [3.8, 4) is 0 Å². The van der Waals surface area contributed by atoms with Gasteiger partial charge in [-0.1, -0.05) is 0 Å². The fourth-order valence-corrected chi connectivity index (χ4v) is 2.26. The summed E-state index contributed by atoms with van der Waals surface area (Å²) in [6.07, 6.45) is 2.24. The highest BCUT2D eigenvalue weighted by Crippen LogP contribution is 2.21. The first-order chi connectivity index (χ1) is 9.28. The molecule has 0 aliphatic carbocycles. The summed E-state index contributed by atoms with van der Waals surface area (Å²) < 4.78 is 5.35. The minimum atomic E-state index is -0.480. The van der Waals surface area contributed by atoms with E-state index in [1.54, 1.807) is 11.9 Å². The molecule has 0 radical (unpaired) electrons. The lowest BCUT2D eigenvalue weighted by molar-refractivity contribution is 0.0202. The number of hydrogen-bond acceptors (Lipinski definition) is 5. The molecular weight excluding hydrogens is 256 g/mol. The molecule has 0 unspecified atom stereocenters. The number of carbonyl (C=O) groups is 1. The van der Waals surface area contributed by atoms with Gasteiger partial charge in [-0.2, -0.15) is 0 Å². The van der Waals surface area contributed by atoms with Crippen molar-refractivity contribution in [1.82, 2.24) is 4.90 Å². The third-order valence-corrected chi connectivity index (χ3v) is 3.19. The second-order valence-corrected chi connectivity index (χ2v) is 5.91. The van der Waals surface area contributed by atoms with Crippen LogP contribution in [0.15, 0.2) is 4.99 Å². The lowest BCUT2D eigenvalue weighted by atomic mass is 9.89. The van der Waals surface area contributed by atoms with Crippen LogP contribution in [0.3, 0.4) is 0 Å². The molecule has 20 heavy (non-hydrogen) atoms. The number of nitrogens with zero attached hydrogens (tertiary/aromatic N) is 2. The summed E-state index contributed by atoms with van der Waals surface area (Å²) in [5, 5.41) is 14.9. The van der Waals surface area contributed by atoms with Crippen LogP contribution in [0, 0.1) is 16.7 Å². The van der Waals surface area contributed by atoms with E-state index in [2.05, 4.69) is 4.99 Å². The average Bonchev–Trinajstić information content (AvgIpc) is 2.38. The standard InChI is InChI=1S/C14H24N4O2/c1-14(2,3)20-13(19)18-7-5-10(6-8-18)12(17-4)11(16)9-15/h9-10,15-16H,5-8H2,1-4H3. The summed E-state index contributed by atoms with van der Waals surface area (Å²) in [5.41, 5.74) is 0.332. The number of aliphatic imine (C=N–C) groups is 1. The van der Waals surface area contributed by atoms with E-state index in [0.29, 0.717) is 18.8 Å². The van der Waals surface area contributed by atoms with E-state index in [9.17, 15) is 4.79 Å². The molecule has 6 nitrogen and oxygen atoms in total.